The van der Waals surface area contributed by atoms with Gasteiger partial charge in [-0.1, -0.05) is 61.2 Å². The maximum Gasteiger partial charge on any atom is 0.231 e. The molecule has 1 aromatic carbocycles. The van der Waals surface area contributed by atoms with Crippen LogP contribution in [0.4, 0.5) is 0 Å². The number of allylic oxidation sites excluding steroid dienone is 1. The second kappa shape index (κ2) is 9.27. The van der Waals surface area contributed by atoms with E-state index in [0.717, 1.165) is 61.0 Å². The number of aromatic nitrogens is 1. The molecule has 3 rings (SSSR count). The van der Waals surface area contributed by atoms with E-state index in [4.69, 9.17) is 4.42 Å². The fourth-order valence-electron chi connectivity index (χ4n) is 4.51. The van der Waals surface area contributed by atoms with Gasteiger partial charge in [0.1, 0.15) is 6.54 Å². The summed E-state index contributed by atoms with van der Waals surface area (Å²) in [6.45, 7) is 6.07. The highest BCUT2D eigenvalue weighted by Crippen LogP contribution is 2.43. The van der Waals surface area contributed by atoms with Crippen molar-refractivity contribution >= 4 is 0 Å². The Morgan fingerprint density at radius 2 is 1.86 bits per heavy atom. The third-order valence-electron chi connectivity index (χ3n) is 6.16. The van der Waals surface area contributed by atoms with E-state index in [9.17, 15) is 5.11 Å². The fourth-order valence-corrected chi connectivity index (χ4v) is 4.51. The first-order chi connectivity index (χ1) is 13.8. The van der Waals surface area contributed by atoms with E-state index in [2.05, 4.69) is 39.0 Å². The maximum absolute atomic E-state index is 11.9. The minimum Gasteiger partial charge on any atom is -0.436 e. The van der Waals surface area contributed by atoms with Crippen LogP contribution in [0.1, 0.15) is 69.6 Å². The quantitative estimate of drug-likeness (QED) is 0.478. The summed E-state index contributed by atoms with van der Waals surface area (Å²) in [5.74, 6) is 1.44. The van der Waals surface area contributed by atoms with Gasteiger partial charge in [0, 0.05) is 12.3 Å². The molecule has 29 heavy (non-hydrogen) atoms. The Labute approximate surface area is 175 Å². The van der Waals surface area contributed by atoms with Crippen molar-refractivity contribution in [3.05, 3.63) is 65.4 Å². The molecule has 0 spiro atoms. The molecule has 0 radical (unpaired) electrons. The Kier molecular flexibility index (Phi) is 6.97. The van der Waals surface area contributed by atoms with Crippen molar-refractivity contribution in [2.24, 2.45) is 5.92 Å². The summed E-state index contributed by atoms with van der Waals surface area (Å²) >= 11 is 0. The minimum atomic E-state index is -1.15. The monoisotopic (exact) mass is 397 g/mol. The van der Waals surface area contributed by atoms with Gasteiger partial charge in [-0.3, -0.25) is 0 Å². The number of hydrogen-bond acceptors (Lipinski definition) is 3. The molecule has 1 atom stereocenters. The molecule has 158 valence electrons. The van der Waals surface area contributed by atoms with Crippen molar-refractivity contribution < 1.29 is 14.0 Å². The molecule has 1 aliphatic carbocycles. The lowest BCUT2D eigenvalue weighted by atomic mass is 9.73. The zero-order valence-corrected chi connectivity index (χ0v) is 18.5. The molecule has 1 aromatic heterocycles. The molecule has 2 aromatic rings. The van der Waals surface area contributed by atoms with Crippen molar-refractivity contribution in [1.29, 1.82) is 0 Å². The van der Waals surface area contributed by atoms with Gasteiger partial charge in [0.25, 0.3) is 0 Å². The summed E-state index contributed by atoms with van der Waals surface area (Å²) in [6.07, 6.45) is 10.7. The highest BCUT2D eigenvalue weighted by Gasteiger charge is 2.44. The van der Waals surface area contributed by atoms with E-state index in [0.29, 0.717) is 5.89 Å². The van der Waals surface area contributed by atoms with E-state index in [-0.39, 0.29) is 5.92 Å². The molecule has 1 aliphatic rings. The molecular formula is C25H37N2O2+. The zero-order chi connectivity index (χ0) is 20.9. The summed E-state index contributed by atoms with van der Waals surface area (Å²) in [6, 6.07) is 9.94. The molecule has 1 heterocycles. The number of quaternary nitrogens is 1. The van der Waals surface area contributed by atoms with Crippen LogP contribution in [-0.4, -0.2) is 35.2 Å². The molecule has 4 heteroatoms. The van der Waals surface area contributed by atoms with Crippen LogP contribution in [0.2, 0.25) is 0 Å². The molecule has 1 fully saturated rings. The third-order valence-corrected chi connectivity index (χ3v) is 6.16. The lowest BCUT2D eigenvalue weighted by Gasteiger charge is -2.36. The van der Waals surface area contributed by atoms with Crippen LogP contribution in [0.5, 0.6) is 0 Å². The lowest BCUT2D eigenvalue weighted by Crippen LogP contribution is -2.39. The van der Waals surface area contributed by atoms with E-state index in [1.54, 1.807) is 0 Å². The minimum absolute atomic E-state index is 0.144. The first-order valence-electron chi connectivity index (χ1n) is 11.0. The van der Waals surface area contributed by atoms with Crippen LogP contribution >= 0.6 is 0 Å². The average Bonchev–Trinajstić information content (AvgIpc) is 3.16. The second-order valence-corrected chi connectivity index (χ2v) is 9.49. The summed E-state index contributed by atoms with van der Waals surface area (Å²) in [4.78, 5) is 4.59. The lowest BCUT2D eigenvalue weighted by molar-refractivity contribution is -0.904. The maximum atomic E-state index is 11.9. The van der Waals surface area contributed by atoms with Gasteiger partial charge >= 0.3 is 0 Å². The number of oxazole rings is 1. The van der Waals surface area contributed by atoms with Crippen molar-refractivity contribution in [3.63, 3.8) is 0 Å². The molecule has 0 bridgehead atoms. The van der Waals surface area contributed by atoms with Crippen LogP contribution in [0.25, 0.3) is 0 Å². The summed E-state index contributed by atoms with van der Waals surface area (Å²) in [5.41, 5.74) is 1.09. The van der Waals surface area contributed by atoms with Gasteiger partial charge in [0.05, 0.1) is 26.8 Å². The number of aliphatic hydroxyl groups is 1. The topological polar surface area (TPSA) is 46.3 Å². The summed E-state index contributed by atoms with van der Waals surface area (Å²) in [7, 11) is 4.43. The molecule has 0 unspecified atom stereocenters. The van der Waals surface area contributed by atoms with Crippen molar-refractivity contribution in [1.82, 2.24) is 4.98 Å². The third kappa shape index (κ3) is 5.37. The SMILES string of the molecule is CC(C)=CCC[N+](C)(C)Cc1cnc([C@](O)(c2ccccc2)C2CCCCC2)o1. The van der Waals surface area contributed by atoms with Crippen molar-refractivity contribution in [2.75, 3.05) is 20.6 Å². The van der Waals surface area contributed by atoms with Crippen LogP contribution in [-0.2, 0) is 12.1 Å². The van der Waals surface area contributed by atoms with E-state index in [1.165, 1.54) is 12.0 Å². The van der Waals surface area contributed by atoms with Crippen LogP contribution < -0.4 is 0 Å². The first kappa shape index (κ1) is 21.8. The predicted octanol–water partition coefficient (Wildman–Crippen LogP) is 5.42. The fraction of sp³-hybridized carbons (Fsp3) is 0.560. The zero-order valence-electron chi connectivity index (χ0n) is 18.5. The van der Waals surface area contributed by atoms with Crippen molar-refractivity contribution in [2.45, 2.75) is 64.5 Å². The number of nitrogens with zero attached hydrogens (tertiary/aromatic N) is 2. The molecule has 0 aliphatic heterocycles. The number of rotatable bonds is 8. The number of hydrogen-bond donors (Lipinski definition) is 1. The van der Waals surface area contributed by atoms with Gasteiger partial charge in [-0.15, -0.1) is 0 Å². The second-order valence-electron chi connectivity index (χ2n) is 9.49. The van der Waals surface area contributed by atoms with E-state index >= 15 is 0 Å². The largest absolute Gasteiger partial charge is 0.436 e. The molecule has 1 saturated carbocycles. The van der Waals surface area contributed by atoms with Crippen LogP contribution in [0, 0.1) is 5.92 Å². The normalized spacial score (nSPS) is 17.7. The molecule has 0 saturated heterocycles. The average molecular weight is 398 g/mol. The van der Waals surface area contributed by atoms with Crippen LogP contribution in [0.3, 0.4) is 0 Å². The smallest absolute Gasteiger partial charge is 0.231 e. The summed E-state index contributed by atoms with van der Waals surface area (Å²) in [5, 5.41) is 11.9. The van der Waals surface area contributed by atoms with E-state index in [1.807, 2.05) is 36.5 Å². The van der Waals surface area contributed by atoms with Gasteiger partial charge < -0.3 is 14.0 Å². The Morgan fingerprint density at radius 3 is 2.52 bits per heavy atom. The molecule has 0 amide bonds. The van der Waals surface area contributed by atoms with Crippen molar-refractivity contribution in [3.8, 4) is 0 Å². The highest BCUT2D eigenvalue weighted by molar-refractivity contribution is 5.30. The predicted molar refractivity (Wildman–Crippen MR) is 117 cm³/mol. The van der Waals surface area contributed by atoms with Crippen LogP contribution in [0.15, 0.2) is 52.6 Å². The molecule has 4 nitrogen and oxygen atoms in total. The molecule has 1 N–H and O–H groups in total. The number of benzene rings is 1. The Morgan fingerprint density at radius 1 is 1.17 bits per heavy atom. The van der Waals surface area contributed by atoms with Gasteiger partial charge in [0.15, 0.2) is 11.4 Å². The van der Waals surface area contributed by atoms with Gasteiger partial charge in [-0.25, -0.2) is 4.98 Å². The van der Waals surface area contributed by atoms with E-state index < -0.39 is 5.60 Å². The highest BCUT2D eigenvalue weighted by atomic mass is 16.4. The Bertz CT molecular complexity index is 799. The summed E-state index contributed by atoms with van der Waals surface area (Å²) < 4.78 is 7.05. The Hall–Kier alpha value is -1.91. The van der Waals surface area contributed by atoms with Gasteiger partial charge in [-0.05, 0) is 32.3 Å². The molecular weight excluding hydrogens is 360 g/mol. The standard InChI is InChI=1S/C25H37N2O2/c1-20(2)12-11-17-27(3,4)19-23-18-26-24(29-23)25(28,21-13-7-5-8-14-21)22-15-9-6-10-16-22/h5,7-8,12-14,18,22,28H,6,9-11,15-17,19H2,1-4H3/q+1/t25-/m0/s1. The van der Waals surface area contributed by atoms with Gasteiger partial charge in [-0.2, -0.15) is 0 Å². The van der Waals surface area contributed by atoms with Gasteiger partial charge in [0.2, 0.25) is 5.89 Å². The Balaban J connectivity index is 1.83. The first-order valence-corrected chi connectivity index (χ1v) is 11.0.